The summed E-state index contributed by atoms with van der Waals surface area (Å²) in [5.74, 6) is -1.21. The van der Waals surface area contributed by atoms with Crippen molar-refractivity contribution in [2.75, 3.05) is 19.7 Å². The third-order valence-corrected chi connectivity index (χ3v) is 3.53. The van der Waals surface area contributed by atoms with Gasteiger partial charge in [0.2, 0.25) is 0 Å². The summed E-state index contributed by atoms with van der Waals surface area (Å²) in [5, 5.41) is 17.9. The second kappa shape index (κ2) is 8.92. The Morgan fingerprint density at radius 1 is 1.15 bits per heavy atom. The molecule has 1 rings (SSSR count). The lowest BCUT2D eigenvalue weighted by molar-refractivity contribution is -0.155. The lowest BCUT2D eigenvalue weighted by atomic mass is 10.1. The Labute approximate surface area is 119 Å². The van der Waals surface area contributed by atoms with Crippen molar-refractivity contribution in [3.8, 4) is 0 Å². The van der Waals surface area contributed by atoms with Gasteiger partial charge in [-0.1, -0.05) is 26.2 Å². The fourth-order valence-electron chi connectivity index (χ4n) is 2.39. The molecule has 6 nitrogen and oxygen atoms in total. The molecule has 0 unspecified atom stereocenters. The summed E-state index contributed by atoms with van der Waals surface area (Å²) < 4.78 is 5.27. The lowest BCUT2D eigenvalue weighted by Crippen LogP contribution is -2.41. The van der Waals surface area contributed by atoms with Gasteiger partial charge in [0, 0.05) is 13.1 Å². The summed E-state index contributed by atoms with van der Waals surface area (Å²) in [6.07, 6.45) is 3.46. The maximum Gasteiger partial charge on any atom is 0.332 e. The fourth-order valence-corrected chi connectivity index (χ4v) is 2.39. The van der Waals surface area contributed by atoms with Crippen LogP contribution in [0.15, 0.2) is 0 Å². The first-order valence-electron chi connectivity index (χ1n) is 7.38. The van der Waals surface area contributed by atoms with Crippen LogP contribution in [0.4, 0.5) is 0 Å². The molecule has 116 valence electrons. The molecule has 20 heavy (non-hydrogen) atoms. The van der Waals surface area contributed by atoms with Crippen molar-refractivity contribution in [3.63, 3.8) is 0 Å². The van der Waals surface area contributed by atoms with E-state index >= 15 is 0 Å². The number of ether oxygens (including phenoxy) is 1. The van der Waals surface area contributed by atoms with Crippen LogP contribution in [0.1, 0.15) is 45.4 Å². The predicted molar refractivity (Wildman–Crippen MR) is 73.3 cm³/mol. The number of carbonyl (C=O) groups is 2. The zero-order chi connectivity index (χ0) is 15.0. The average molecular weight is 287 g/mol. The summed E-state index contributed by atoms with van der Waals surface area (Å²) in [6, 6.07) is 0. The molecular formula is C14H25NO5. The zero-order valence-corrected chi connectivity index (χ0v) is 12.1. The van der Waals surface area contributed by atoms with E-state index in [2.05, 4.69) is 6.92 Å². The van der Waals surface area contributed by atoms with E-state index in [0.717, 1.165) is 25.7 Å². The number of amides is 1. The molecule has 6 heteroatoms. The second-order valence-corrected chi connectivity index (χ2v) is 5.14. The first kappa shape index (κ1) is 16.9. The third kappa shape index (κ3) is 5.09. The molecule has 0 radical (unpaired) electrons. The Hall–Kier alpha value is -1.14. The van der Waals surface area contributed by atoms with Gasteiger partial charge in [-0.05, 0) is 19.3 Å². The van der Waals surface area contributed by atoms with E-state index in [9.17, 15) is 9.59 Å². The topological polar surface area (TPSA) is 87.1 Å². The van der Waals surface area contributed by atoms with Crippen LogP contribution in [0.5, 0.6) is 0 Å². The molecule has 0 aromatic rings. The van der Waals surface area contributed by atoms with E-state index < -0.39 is 18.2 Å². The van der Waals surface area contributed by atoms with Gasteiger partial charge < -0.3 is 19.8 Å². The second-order valence-electron chi connectivity index (χ2n) is 5.14. The van der Waals surface area contributed by atoms with Crippen LogP contribution in [0.25, 0.3) is 0 Å². The number of carbonyl (C=O) groups excluding carboxylic acids is 1. The molecule has 0 bridgehead atoms. The number of carboxylic acid groups (broad SMARTS) is 1. The molecule has 2 N–H and O–H groups in total. The highest BCUT2D eigenvalue weighted by molar-refractivity contribution is 5.82. The molecule has 0 aromatic carbocycles. The molecular weight excluding hydrogens is 262 g/mol. The van der Waals surface area contributed by atoms with Crippen molar-refractivity contribution in [1.82, 2.24) is 4.90 Å². The zero-order valence-electron chi connectivity index (χ0n) is 12.1. The number of aliphatic hydroxyl groups is 1. The third-order valence-electron chi connectivity index (χ3n) is 3.53. The van der Waals surface area contributed by atoms with E-state index in [-0.39, 0.29) is 19.1 Å². The quantitative estimate of drug-likeness (QED) is 0.618. The van der Waals surface area contributed by atoms with Gasteiger partial charge in [0.15, 0.2) is 6.10 Å². The first-order valence-corrected chi connectivity index (χ1v) is 7.38. The minimum absolute atomic E-state index is 0.0887. The Balaban J connectivity index is 2.45. The Kier molecular flexibility index (Phi) is 7.54. The molecule has 2 atom stereocenters. The number of aliphatic carboxylic acids is 1. The minimum atomic E-state index is -1.02. The number of hydrogen-bond acceptors (Lipinski definition) is 4. The van der Waals surface area contributed by atoms with Gasteiger partial charge in [-0.25, -0.2) is 4.79 Å². The number of rotatable bonds is 9. The van der Waals surface area contributed by atoms with Gasteiger partial charge in [-0.15, -0.1) is 0 Å². The van der Waals surface area contributed by atoms with Crippen molar-refractivity contribution in [3.05, 3.63) is 0 Å². The van der Waals surface area contributed by atoms with E-state index in [0.29, 0.717) is 19.4 Å². The highest BCUT2D eigenvalue weighted by atomic mass is 16.5. The number of aliphatic hydroxyl groups excluding tert-OH is 1. The highest BCUT2D eigenvalue weighted by Gasteiger charge is 2.36. The average Bonchev–Trinajstić information content (AvgIpc) is 2.91. The molecule has 1 aliphatic rings. The lowest BCUT2D eigenvalue weighted by Gasteiger charge is -2.24. The maximum atomic E-state index is 12.3. The largest absolute Gasteiger partial charge is 0.479 e. The summed E-state index contributed by atoms with van der Waals surface area (Å²) in [7, 11) is 0. The normalized spacial score (nSPS) is 21.9. The SMILES string of the molecule is CCCCCCN(CCO)C(=O)[C@@H]1CC[C@H](C(=O)O)O1. The molecule has 0 spiro atoms. The van der Waals surface area contributed by atoms with E-state index in [4.69, 9.17) is 14.9 Å². The molecule has 1 heterocycles. The van der Waals surface area contributed by atoms with Gasteiger partial charge in [-0.2, -0.15) is 0 Å². The predicted octanol–water partition coefficient (Wildman–Crippen LogP) is 1.02. The number of carboxylic acids is 1. The van der Waals surface area contributed by atoms with Gasteiger partial charge in [0.25, 0.3) is 5.91 Å². The number of unbranched alkanes of at least 4 members (excludes halogenated alkanes) is 3. The molecule has 0 aliphatic carbocycles. The summed E-state index contributed by atoms with van der Waals surface area (Å²) in [5.41, 5.74) is 0. The van der Waals surface area contributed by atoms with Crippen LogP contribution in [0.3, 0.4) is 0 Å². The van der Waals surface area contributed by atoms with Gasteiger partial charge in [0.1, 0.15) is 6.10 Å². The highest BCUT2D eigenvalue weighted by Crippen LogP contribution is 2.21. The Morgan fingerprint density at radius 2 is 1.85 bits per heavy atom. The first-order chi connectivity index (χ1) is 9.60. The van der Waals surface area contributed by atoms with E-state index in [1.165, 1.54) is 0 Å². The molecule has 1 aliphatic heterocycles. The van der Waals surface area contributed by atoms with Crippen LogP contribution in [0.2, 0.25) is 0 Å². The summed E-state index contributed by atoms with van der Waals surface area (Å²) in [6.45, 7) is 2.91. The molecule has 1 fully saturated rings. The monoisotopic (exact) mass is 287 g/mol. The Morgan fingerprint density at radius 3 is 2.40 bits per heavy atom. The number of nitrogens with zero attached hydrogens (tertiary/aromatic N) is 1. The van der Waals surface area contributed by atoms with Gasteiger partial charge in [-0.3, -0.25) is 4.79 Å². The Bertz CT molecular complexity index is 321. The van der Waals surface area contributed by atoms with Crippen LogP contribution in [-0.4, -0.2) is 58.9 Å². The molecule has 0 saturated carbocycles. The molecule has 1 saturated heterocycles. The van der Waals surface area contributed by atoms with Crippen LogP contribution >= 0.6 is 0 Å². The van der Waals surface area contributed by atoms with E-state index in [1.54, 1.807) is 4.90 Å². The smallest absolute Gasteiger partial charge is 0.332 e. The van der Waals surface area contributed by atoms with Crippen LogP contribution in [0, 0.1) is 0 Å². The van der Waals surface area contributed by atoms with Crippen molar-refractivity contribution < 1.29 is 24.5 Å². The molecule has 0 aromatic heterocycles. The van der Waals surface area contributed by atoms with Crippen molar-refractivity contribution >= 4 is 11.9 Å². The number of hydrogen-bond donors (Lipinski definition) is 2. The van der Waals surface area contributed by atoms with Crippen LogP contribution in [-0.2, 0) is 14.3 Å². The maximum absolute atomic E-state index is 12.3. The van der Waals surface area contributed by atoms with Gasteiger partial charge in [0.05, 0.1) is 6.61 Å². The van der Waals surface area contributed by atoms with Crippen molar-refractivity contribution in [2.45, 2.75) is 57.7 Å². The molecule has 1 amide bonds. The van der Waals surface area contributed by atoms with E-state index in [1.807, 2.05) is 0 Å². The van der Waals surface area contributed by atoms with Crippen LogP contribution < -0.4 is 0 Å². The van der Waals surface area contributed by atoms with Crippen molar-refractivity contribution in [1.29, 1.82) is 0 Å². The van der Waals surface area contributed by atoms with Gasteiger partial charge >= 0.3 is 5.97 Å². The summed E-state index contributed by atoms with van der Waals surface area (Å²) >= 11 is 0. The fraction of sp³-hybridized carbons (Fsp3) is 0.857. The standard InChI is InChI=1S/C14H25NO5/c1-2-3-4-5-8-15(9-10-16)13(17)11-6-7-12(20-11)14(18)19/h11-12,16H,2-10H2,1H3,(H,18,19)/t11-,12+/m0/s1. The van der Waals surface area contributed by atoms with Crippen molar-refractivity contribution in [2.24, 2.45) is 0 Å². The summed E-state index contributed by atoms with van der Waals surface area (Å²) in [4.78, 5) is 24.7. The minimum Gasteiger partial charge on any atom is -0.479 e.